The number of ether oxygens (including phenoxy) is 1. The van der Waals surface area contributed by atoms with Crippen LogP contribution in [-0.2, 0) is 6.61 Å². The summed E-state index contributed by atoms with van der Waals surface area (Å²) in [5, 5.41) is 0. The normalized spacial score (nSPS) is 11.2. The molecule has 0 bridgehead atoms. The van der Waals surface area contributed by atoms with E-state index < -0.39 is 0 Å². The highest BCUT2D eigenvalue weighted by Gasteiger charge is 2.08. The van der Waals surface area contributed by atoms with Gasteiger partial charge in [0.15, 0.2) is 0 Å². The van der Waals surface area contributed by atoms with E-state index in [4.69, 9.17) is 10.5 Å². The molecule has 0 aliphatic rings. The van der Waals surface area contributed by atoms with Gasteiger partial charge in [0.1, 0.15) is 12.4 Å². The maximum atomic E-state index is 5.97. The average molecular weight is 276 g/mol. The minimum Gasteiger partial charge on any atom is -0.489 e. The van der Waals surface area contributed by atoms with Crippen LogP contribution in [0.1, 0.15) is 17.2 Å². The number of hydrogen-bond acceptors (Lipinski definition) is 2. The molecule has 2 rings (SSSR count). The standard InChI is InChI=1S/C16H17NO.ClH/c1-2-15(17)14-10-6-7-11-16(14)18-12-13-8-4-3-5-9-13;/h2-11,15H,1,12,17H2;1H/t15-;/m0./s1. The fourth-order valence-electron chi connectivity index (χ4n) is 1.75. The number of rotatable bonds is 5. The second kappa shape index (κ2) is 7.62. The van der Waals surface area contributed by atoms with Crippen LogP contribution in [0.25, 0.3) is 0 Å². The summed E-state index contributed by atoms with van der Waals surface area (Å²) >= 11 is 0. The van der Waals surface area contributed by atoms with Gasteiger partial charge in [0.2, 0.25) is 0 Å². The SMILES string of the molecule is C=C[C@H](N)c1ccccc1OCc1ccccc1.Cl. The van der Waals surface area contributed by atoms with Crippen molar-refractivity contribution < 1.29 is 4.74 Å². The van der Waals surface area contributed by atoms with Crippen LogP contribution in [-0.4, -0.2) is 0 Å². The monoisotopic (exact) mass is 275 g/mol. The lowest BCUT2D eigenvalue weighted by molar-refractivity contribution is 0.302. The summed E-state index contributed by atoms with van der Waals surface area (Å²) in [6.45, 7) is 4.26. The predicted octanol–water partition coefficient (Wildman–Crippen LogP) is 3.87. The second-order valence-corrected chi connectivity index (χ2v) is 4.07. The van der Waals surface area contributed by atoms with Crippen LogP contribution in [0.3, 0.4) is 0 Å². The third-order valence-corrected chi connectivity index (χ3v) is 2.77. The molecule has 0 fully saturated rings. The molecule has 2 aromatic carbocycles. The van der Waals surface area contributed by atoms with E-state index in [0.29, 0.717) is 6.61 Å². The molecule has 0 saturated carbocycles. The van der Waals surface area contributed by atoms with Crippen LogP contribution in [0.15, 0.2) is 67.3 Å². The number of nitrogens with two attached hydrogens (primary N) is 1. The third kappa shape index (κ3) is 4.12. The molecule has 2 N–H and O–H groups in total. The van der Waals surface area contributed by atoms with Crippen molar-refractivity contribution in [1.29, 1.82) is 0 Å². The molecule has 3 heteroatoms. The molecule has 0 saturated heterocycles. The Kier molecular flexibility index (Phi) is 6.13. The molecule has 100 valence electrons. The molecule has 0 aliphatic heterocycles. The summed E-state index contributed by atoms with van der Waals surface area (Å²) in [5.74, 6) is 0.814. The Balaban J connectivity index is 0.00000180. The van der Waals surface area contributed by atoms with Crippen LogP contribution in [0.4, 0.5) is 0 Å². The minimum atomic E-state index is -0.197. The molecule has 0 aliphatic carbocycles. The van der Waals surface area contributed by atoms with Gasteiger partial charge in [-0.25, -0.2) is 0 Å². The van der Waals surface area contributed by atoms with E-state index >= 15 is 0 Å². The van der Waals surface area contributed by atoms with Crippen LogP contribution < -0.4 is 10.5 Å². The molecular formula is C16H18ClNO. The topological polar surface area (TPSA) is 35.2 Å². The first-order valence-corrected chi connectivity index (χ1v) is 5.95. The average Bonchev–Trinajstić information content (AvgIpc) is 2.45. The van der Waals surface area contributed by atoms with Crippen molar-refractivity contribution in [3.63, 3.8) is 0 Å². The van der Waals surface area contributed by atoms with E-state index in [1.807, 2.05) is 54.6 Å². The van der Waals surface area contributed by atoms with Gasteiger partial charge in [0.25, 0.3) is 0 Å². The molecule has 1 atom stereocenters. The number of benzene rings is 2. The van der Waals surface area contributed by atoms with Gasteiger partial charge >= 0.3 is 0 Å². The lowest BCUT2D eigenvalue weighted by atomic mass is 10.1. The smallest absolute Gasteiger partial charge is 0.124 e. The highest BCUT2D eigenvalue weighted by Crippen LogP contribution is 2.24. The van der Waals surface area contributed by atoms with Gasteiger partial charge in [-0.1, -0.05) is 54.6 Å². The molecule has 0 heterocycles. The quantitative estimate of drug-likeness (QED) is 0.841. The van der Waals surface area contributed by atoms with Gasteiger partial charge in [-0.05, 0) is 11.6 Å². The summed E-state index contributed by atoms with van der Waals surface area (Å²) in [7, 11) is 0. The van der Waals surface area contributed by atoms with Crippen molar-refractivity contribution in [3.8, 4) is 5.75 Å². The maximum Gasteiger partial charge on any atom is 0.124 e. The molecule has 0 spiro atoms. The first-order chi connectivity index (χ1) is 8.81. The molecule has 0 aromatic heterocycles. The highest BCUT2D eigenvalue weighted by molar-refractivity contribution is 5.85. The molecule has 0 radical (unpaired) electrons. The third-order valence-electron chi connectivity index (χ3n) is 2.77. The van der Waals surface area contributed by atoms with Crippen molar-refractivity contribution in [2.45, 2.75) is 12.6 Å². The Morgan fingerprint density at radius 1 is 1.05 bits per heavy atom. The summed E-state index contributed by atoms with van der Waals surface area (Å²) < 4.78 is 5.82. The Morgan fingerprint density at radius 3 is 2.37 bits per heavy atom. The van der Waals surface area contributed by atoms with Gasteiger partial charge in [-0.3, -0.25) is 0 Å². The number of hydrogen-bond donors (Lipinski definition) is 1. The zero-order valence-corrected chi connectivity index (χ0v) is 11.5. The number of halogens is 1. The Labute approximate surface area is 120 Å². The van der Waals surface area contributed by atoms with E-state index in [1.54, 1.807) is 6.08 Å². The van der Waals surface area contributed by atoms with Gasteiger partial charge < -0.3 is 10.5 Å². The van der Waals surface area contributed by atoms with E-state index in [1.165, 1.54) is 0 Å². The zero-order chi connectivity index (χ0) is 12.8. The molecule has 0 unspecified atom stereocenters. The van der Waals surface area contributed by atoms with Crippen LogP contribution in [0, 0.1) is 0 Å². The first-order valence-electron chi connectivity index (χ1n) is 5.95. The Hall–Kier alpha value is -1.77. The maximum absolute atomic E-state index is 5.97. The minimum absolute atomic E-state index is 0. The largest absolute Gasteiger partial charge is 0.489 e. The second-order valence-electron chi connectivity index (χ2n) is 4.07. The van der Waals surface area contributed by atoms with Gasteiger partial charge in [0, 0.05) is 5.56 Å². The van der Waals surface area contributed by atoms with Crippen molar-refractivity contribution in [2.24, 2.45) is 5.73 Å². The summed E-state index contributed by atoms with van der Waals surface area (Å²) in [6.07, 6.45) is 1.71. The fourth-order valence-corrected chi connectivity index (χ4v) is 1.75. The van der Waals surface area contributed by atoms with E-state index in [-0.39, 0.29) is 18.4 Å². The molecule has 19 heavy (non-hydrogen) atoms. The lowest BCUT2D eigenvalue weighted by Gasteiger charge is -2.14. The summed E-state index contributed by atoms with van der Waals surface area (Å²) in [4.78, 5) is 0. The first kappa shape index (κ1) is 15.3. The molecule has 2 aromatic rings. The molecule has 2 nitrogen and oxygen atoms in total. The van der Waals surface area contributed by atoms with Crippen molar-refractivity contribution in [2.75, 3.05) is 0 Å². The van der Waals surface area contributed by atoms with Gasteiger partial charge in [-0.2, -0.15) is 0 Å². The van der Waals surface area contributed by atoms with Crippen LogP contribution in [0.2, 0.25) is 0 Å². The number of para-hydroxylation sites is 1. The lowest BCUT2D eigenvalue weighted by Crippen LogP contribution is -2.09. The summed E-state index contributed by atoms with van der Waals surface area (Å²) in [5.41, 5.74) is 8.07. The Morgan fingerprint density at radius 2 is 1.68 bits per heavy atom. The van der Waals surface area contributed by atoms with Crippen molar-refractivity contribution >= 4 is 12.4 Å². The molecular weight excluding hydrogens is 258 g/mol. The fraction of sp³-hybridized carbons (Fsp3) is 0.125. The van der Waals surface area contributed by atoms with E-state index in [2.05, 4.69) is 6.58 Å². The van der Waals surface area contributed by atoms with Crippen LogP contribution >= 0.6 is 12.4 Å². The van der Waals surface area contributed by atoms with Gasteiger partial charge in [-0.15, -0.1) is 19.0 Å². The highest BCUT2D eigenvalue weighted by atomic mass is 35.5. The zero-order valence-electron chi connectivity index (χ0n) is 10.7. The van der Waals surface area contributed by atoms with E-state index in [0.717, 1.165) is 16.9 Å². The predicted molar refractivity (Wildman–Crippen MR) is 81.6 cm³/mol. The van der Waals surface area contributed by atoms with Crippen LogP contribution in [0.5, 0.6) is 5.75 Å². The van der Waals surface area contributed by atoms with Gasteiger partial charge in [0.05, 0.1) is 6.04 Å². The molecule has 0 amide bonds. The van der Waals surface area contributed by atoms with Crippen molar-refractivity contribution in [3.05, 3.63) is 78.4 Å². The summed E-state index contributed by atoms with van der Waals surface area (Å²) in [6, 6.07) is 17.7. The Bertz CT molecular complexity index is 513. The van der Waals surface area contributed by atoms with Crippen molar-refractivity contribution in [1.82, 2.24) is 0 Å². The van der Waals surface area contributed by atoms with E-state index in [9.17, 15) is 0 Å².